The van der Waals surface area contributed by atoms with Gasteiger partial charge in [-0.25, -0.2) is 0 Å². The lowest BCUT2D eigenvalue weighted by molar-refractivity contribution is -0.274. The summed E-state index contributed by atoms with van der Waals surface area (Å²) in [6.07, 6.45) is -4.77. The van der Waals surface area contributed by atoms with Gasteiger partial charge in [-0.15, -0.1) is 13.2 Å². The van der Waals surface area contributed by atoms with Crippen molar-refractivity contribution in [1.82, 2.24) is 0 Å². The SMILES string of the molecule is OB(O)c1ccc(OC(F)(F)F)cc1Br. The zero-order valence-electron chi connectivity index (χ0n) is 7.12. The minimum Gasteiger partial charge on any atom is -0.423 e. The highest BCUT2D eigenvalue weighted by atomic mass is 79.9. The number of benzene rings is 1. The molecule has 0 fully saturated rings. The van der Waals surface area contributed by atoms with Gasteiger partial charge in [0.15, 0.2) is 0 Å². The number of hydrogen-bond acceptors (Lipinski definition) is 3. The van der Waals surface area contributed by atoms with Gasteiger partial charge in [0.25, 0.3) is 0 Å². The maximum atomic E-state index is 11.8. The van der Waals surface area contributed by atoms with E-state index in [-0.39, 0.29) is 9.94 Å². The van der Waals surface area contributed by atoms with Gasteiger partial charge in [-0.1, -0.05) is 22.0 Å². The van der Waals surface area contributed by atoms with E-state index in [2.05, 4.69) is 20.7 Å². The molecule has 0 aliphatic rings. The zero-order valence-corrected chi connectivity index (χ0v) is 8.71. The largest absolute Gasteiger partial charge is 0.573 e. The van der Waals surface area contributed by atoms with E-state index < -0.39 is 19.2 Å². The van der Waals surface area contributed by atoms with Crippen LogP contribution in [0.2, 0.25) is 0 Å². The second-order valence-electron chi connectivity index (χ2n) is 2.60. The van der Waals surface area contributed by atoms with Gasteiger partial charge >= 0.3 is 13.5 Å². The summed E-state index contributed by atoms with van der Waals surface area (Å²) in [7, 11) is -1.75. The van der Waals surface area contributed by atoms with Crippen molar-refractivity contribution >= 4 is 28.5 Å². The summed E-state index contributed by atoms with van der Waals surface area (Å²) in [6.45, 7) is 0. The minimum atomic E-state index is -4.77. The van der Waals surface area contributed by atoms with E-state index in [0.29, 0.717) is 0 Å². The van der Waals surface area contributed by atoms with Gasteiger partial charge in [0, 0.05) is 4.47 Å². The summed E-state index contributed by atoms with van der Waals surface area (Å²) >= 11 is 2.89. The van der Waals surface area contributed by atoms with Crippen molar-refractivity contribution < 1.29 is 28.0 Å². The molecule has 0 radical (unpaired) electrons. The normalized spacial score (nSPS) is 11.3. The lowest BCUT2D eigenvalue weighted by atomic mass is 9.80. The first-order chi connectivity index (χ1) is 6.79. The lowest BCUT2D eigenvalue weighted by Gasteiger charge is -2.10. The summed E-state index contributed by atoms with van der Waals surface area (Å²) in [5.74, 6) is -0.432. The van der Waals surface area contributed by atoms with Crippen molar-refractivity contribution in [3.8, 4) is 5.75 Å². The molecule has 0 aromatic heterocycles. The third-order valence-corrected chi connectivity index (χ3v) is 2.17. The summed E-state index contributed by atoms with van der Waals surface area (Å²) in [6, 6.07) is 3.12. The van der Waals surface area contributed by atoms with Crippen molar-refractivity contribution in [2.45, 2.75) is 6.36 Å². The van der Waals surface area contributed by atoms with Crippen LogP contribution in [-0.4, -0.2) is 23.5 Å². The predicted molar refractivity (Wildman–Crippen MR) is 50.7 cm³/mol. The maximum absolute atomic E-state index is 11.8. The molecule has 15 heavy (non-hydrogen) atoms. The van der Waals surface area contributed by atoms with Crippen molar-refractivity contribution in [3.05, 3.63) is 22.7 Å². The fourth-order valence-corrected chi connectivity index (χ4v) is 1.48. The fraction of sp³-hybridized carbons (Fsp3) is 0.143. The van der Waals surface area contributed by atoms with Crippen LogP contribution < -0.4 is 10.2 Å². The van der Waals surface area contributed by atoms with Crippen LogP contribution in [0.15, 0.2) is 22.7 Å². The third kappa shape index (κ3) is 3.73. The van der Waals surface area contributed by atoms with E-state index in [9.17, 15) is 13.2 Å². The number of hydrogen-bond donors (Lipinski definition) is 2. The van der Waals surface area contributed by atoms with Crippen LogP contribution in [0.3, 0.4) is 0 Å². The van der Waals surface area contributed by atoms with Gasteiger partial charge in [0.05, 0.1) is 0 Å². The Morgan fingerprint density at radius 3 is 2.27 bits per heavy atom. The molecule has 1 rings (SSSR count). The molecule has 0 saturated carbocycles. The van der Waals surface area contributed by atoms with Crippen molar-refractivity contribution in [2.75, 3.05) is 0 Å². The second kappa shape index (κ2) is 4.42. The predicted octanol–water partition coefficient (Wildman–Crippen LogP) is 1.03. The van der Waals surface area contributed by atoms with Crippen molar-refractivity contribution in [1.29, 1.82) is 0 Å². The zero-order chi connectivity index (χ0) is 11.6. The summed E-state index contributed by atoms with van der Waals surface area (Å²) in [5.41, 5.74) is 0.0597. The molecule has 0 amide bonds. The Morgan fingerprint density at radius 2 is 1.87 bits per heavy atom. The number of ether oxygens (including phenoxy) is 1. The van der Waals surface area contributed by atoms with Crippen LogP contribution in [0.1, 0.15) is 0 Å². The van der Waals surface area contributed by atoms with Gasteiger partial charge in [0.2, 0.25) is 0 Å². The molecule has 0 atom stereocenters. The topological polar surface area (TPSA) is 49.7 Å². The molecule has 8 heteroatoms. The first-order valence-corrected chi connectivity index (χ1v) is 4.50. The van der Waals surface area contributed by atoms with E-state index in [4.69, 9.17) is 10.0 Å². The fourth-order valence-electron chi connectivity index (χ4n) is 0.914. The molecule has 0 aliphatic heterocycles. The van der Waals surface area contributed by atoms with Crippen molar-refractivity contribution in [3.63, 3.8) is 0 Å². The molecule has 1 aromatic carbocycles. The Labute approximate surface area is 91.8 Å². The first-order valence-electron chi connectivity index (χ1n) is 3.71. The van der Waals surface area contributed by atoms with Gasteiger partial charge in [-0.3, -0.25) is 0 Å². The molecule has 2 N–H and O–H groups in total. The smallest absolute Gasteiger partial charge is 0.423 e. The highest BCUT2D eigenvalue weighted by Crippen LogP contribution is 2.24. The summed E-state index contributed by atoms with van der Waals surface area (Å²) < 4.78 is 39.1. The highest BCUT2D eigenvalue weighted by molar-refractivity contribution is 9.10. The Morgan fingerprint density at radius 1 is 1.27 bits per heavy atom. The Balaban J connectivity index is 2.92. The van der Waals surface area contributed by atoms with Gasteiger partial charge in [-0.05, 0) is 17.6 Å². The van der Waals surface area contributed by atoms with Crippen LogP contribution >= 0.6 is 15.9 Å². The van der Waals surface area contributed by atoms with Crippen LogP contribution in [0.5, 0.6) is 5.75 Å². The van der Waals surface area contributed by atoms with Gasteiger partial charge < -0.3 is 14.8 Å². The van der Waals surface area contributed by atoms with E-state index >= 15 is 0 Å². The Kier molecular flexibility index (Phi) is 3.64. The van der Waals surface area contributed by atoms with Crippen molar-refractivity contribution in [2.24, 2.45) is 0 Å². The van der Waals surface area contributed by atoms with Gasteiger partial charge in [0.1, 0.15) is 5.75 Å². The number of alkyl halides is 3. The van der Waals surface area contributed by atoms with Crippen LogP contribution in [-0.2, 0) is 0 Å². The number of halogens is 4. The molecule has 0 unspecified atom stereocenters. The van der Waals surface area contributed by atoms with Gasteiger partial charge in [-0.2, -0.15) is 0 Å². The molecule has 0 saturated heterocycles. The van der Waals surface area contributed by atoms with Crippen LogP contribution in [0, 0.1) is 0 Å². The lowest BCUT2D eigenvalue weighted by Crippen LogP contribution is -2.31. The molecular formula is C7H5BBrF3O3. The molecule has 0 aliphatic carbocycles. The highest BCUT2D eigenvalue weighted by Gasteiger charge is 2.31. The van der Waals surface area contributed by atoms with E-state index in [1.165, 1.54) is 0 Å². The average molecular weight is 285 g/mol. The Hall–Kier alpha value is -0.725. The monoisotopic (exact) mass is 284 g/mol. The van der Waals surface area contributed by atoms with Crippen LogP contribution in [0.25, 0.3) is 0 Å². The summed E-state index contributed by atoms with van der Waals surface area (Å²) in [5, 5.41) is 17.6. The molecule has 82 valence electrons. The molecular weight excluding hydrogens is 280 g/mol. The van der Waals surface area contributed by atoms with E-state index in [1.807, 2.05) is 0 Å². The first kappa shape index (κ1) is 12.3. The number of rotatable bonds is 2. The molecule has 0 heterocycles. The van der Waals surface area contributed by atoms with E-state index in [0.717, 1.165) is 18.2 Å². The third-order valence-electron chi connectivity index (χ3n) is 1.48. The molecule has 0 bridgehead atoms. The van der Waals surface area contributed by atoms with Crippen LogP contribution in [0.4, 0.5) is 13.2 Å². The average Bonchev–Trinajstić information content (AvgIpc) is 1.99. The standard InChI is InChI=1S/C7H5BBrF3O3/c9-6-3-4(15-7(10,11)12)1-2-5(6)8(13)14/h1-3,13-14H. The maximum Gasteiger partial charge on any atom is 0.573 e. The summed E-state index contributed by atoms with van der Waals surface area (Å²) in [4.78, 5) is 0. The second-order valence-corrected chi connectivity index (χ2v) is 3.46. The molecule has 3 nitrogen and oxygen atoms in total. The Bertz CT molecular complexity index is 356. The minimum absolute atomic E-state index is 0.0597. The quantitative estimate of drug-likeness (QED) is 0.798. The molecule has 0 spiro atoms. The molecule has 1 aromatic rings. The van der Waals surface area contributed by atoms with E-state index in [1.54, 1.807) is 0 Å².